The van der Waals surface area contributed by atoms with Crippen LogP contribution in [0.4, 0.5) is 16.4 Å². The van der Waals surface area contributed by atoms with Crippen LogP contribution in [0, 0.1) is 0 Å². The van der Waals surface area contributed by atoms with Crippen molar-refractivity contribution < 1.29 is 9.90 Å². The number of benzene rings is 3. The van der Waals surface area contributed by atoms with Gasteiger partial charge in [-0.15, -0.1) is 22.7 Å². The average Bonchev–Trinajstić information content (AvgIpc) is 3.71. The smallest absolute Gasteiger partial charge is 0.351 e. The number of rotatable bonds is 7. The summed E-state index contributed by atoms with van der Waals surface area (Å²) >= 11 is 4.36. The Morgan fingerprint density at radius 1 is 0.737 bits per heavy atom. The number of nitrogens with zero attached hydrogens (tertiary/aromatic N) is 3. The topological polar surface area (TPSA) is 92.3 Å². The molecule has 3 aromatic carbocycles. The number of carbonyl (C=O) groups is 1. The molecule has 0 saturated carbocycles. The first kappa shape index (κ1) is 24.1. The molecule has 0 amide bonds. The summed E-state index contributed by atoms with van der Waals surface area (Å²) in [6.07, 6.45) is 1.47. The van der Waals surface area contributed by atoms with Gasteiger partial charge in [0.05, 0.1) is 11.7 Å². The lowest BCUT2D eigenvalue weighted by Gasteiger charge is -2.23. The molecule has 186 valence electrons. The van der Waals surface area contributed by atoms with E-state index in [1.807, 2.05) is 48.5 Å². The molecule has 6 nitrogen and oxygen atoms in total. The van der Waals surface area contributed by atoms with E-state index in [1.165, 1.54) is 29.1 Å². The maximum absolute atomic E-state index is 11.1. The summed E-state index contributed by atoms with van der Waals surface area (Å²) in [5.41, 5.74) is 11.3. The monoisotopic (exact) mass is 552 g/mol. The number of hydrogen-bond donors (Lipinski definition) is 2. The van der Waals surface area contributed by atoms with Gasteiger partial charge in [-0.3, -0.25) is 0 Å². The number of aliphatic carboxylic acids is 1. The maximum atomic E-state index is 11.1. The predicted octanol–water partition coefficient (Wildman–Crippen LogP) is 8.00. The van der Waals surface area contributed by atoms with Crippen LogP contribution < -0.4 is 10.6 Å². The Hall–Kier alpha value is -4.31. The molecule has 0 saturated heterocycles. The van der Waals surface area contributed by atoms with Gasteiger partial charge in [0, 0.05) is 37.1 Å². The van der Waals surface area contributed by atoms with Crippen LogP contribution in [0.5, 0.6) is 0 Å². The summed E-state index contributed by atoms with van der Waals surface area (Å²) in [5, 5.41) is 10.2. The standard InChI is InChI=1S/C29H20N4O2S3/c30-23(29(34)35)17-20-11-14-24(36-20)21-12-13-22(28-27(21)31-38-32-28)25-15-16-26(37-25)33(18-7-3-1-4-8-18)19-9-5-2-6-10-19/h1-17H,30H2,(H,34,35)/b23-17+. The number of carboxylic acids is 1. The number of anilines is 3. The second-order valence-corrected chi connectivity index (χ2v) is 11.1. The molecule has 0 atom stereocenters. The van der Waals surface area contributed by atoms with E-state index in [4.69, 9.17) is 10.8 Å². The number of fused-ring (bicyclic) bond motifs is 1. The first-order valence-corrected chi connectivity index (χ1v) is 14.0. The minimum atomic E-state index is -1.14. The highest BCUT2D eigenvalue weighted by atomic mass is 32.1. The van der Waals surface area contributed by atoms with Crippen LogP contribution in [0.15, 0.2) is 103 Å². The van der Waals surface area contributed by atoms with Crippen molar-refractivity contribution in [2.24, 2.45) is 5.73 Å². The number of aromatic nitrogens is 2. The van der Waals surface area contributed by atoms with Crippen molar-refractivity contribution >= 4 is 73.9 Å². The van der Waals surface area contributed by atoms with Crippen LogP contribution in [0.1, 0.15) is 4.88 Å². The van der Waals surface area contributed by atoms with Crippen LogP contribution in [-0.2, 0) is 4.79 Å². The molecule has 38 heavy (non-hydrogen) atoms. The van der Waals surface area contributed by atoms with Crippen molar-refractivity contribution in [3.63, 3.8) is 0 Å². The van der Waals surface area contributed by atoms with Crippen LogP contribution in [0.2, 0.25) is 0 Å². The lowest BCUT2D eigenvalue weighted by molar-refractivity contribution is -0.132. The third kappa shape index (κ3) is 4.58. The summed E-state index contributed by atoms with van der Waals surface area (Å²) < 4.78 is 9.26. The molecule has 3 heterocycles. The highest BCUT2D eigenvalue weighted by Crippen LogP contribution is 2.44. The van der Waals surface area contributed by atoms with Gasteiger partial charge in [0.15, 0.2) is 0 Å². The third-order valence-corrected chi connectivity index (χ3v) is 8.66. The molecule has 6 rings (SSSR count). The fourth-order valence-electron chi connectivity index (χ4n) is 4.20. The van der Waals surface area contributed by atoms with Gasteiger partial charge in [0.1, 0.15) is 21.7 Å². The molecule has 3 N–H and O–H groups in total. The molecule has 0 aliphatic heterocycles. The van der Waals surface area contributed by atoms with Crippen molar-refractivity contribution in [2.75, 3.05) is 4.90 Å². The van der Waals surface area contributed by atoms with E-state index in [0.29, 0.717) is 0 Å². The van der Waals surface area contributed by atoms with E-state index in [2.05, 4.69) is 62.2 Å². The predicted molar refractivity (Wildman–Crippen MR) is 159 cm³/mol. The normalized spacial score (nSPS) is 11.6. The zero-order valence-electron chi connectivity index (χ0n) is 19.8. The molecule has 0 unspecified atom stereocenters. The van der Waals surface area contributed by atoms with Gasteiger partial charge in [-0.25, -0.2) is 4.79 Å². The van der Waals surface area contributed by atoms with Gasteiger partial charge >= 0.3 is 5.97 Å². The Morgan fingerprint density at radius 2 is 1.29 bits per heavy atom. The number of nitrogens with two attached hydrogens (primary N) is 1. The van der Waals surface area contributed by atoms with E-state index in [1.54, 1.807) is 11.3 Å². The minimum absolute atomic E-state index is 0.192. The van der Waals surface area contributed by atoms with E-state index < -0.39 is 5.97 Å². The summed E-state index contributed by atoms with van der Waals surface area (Å²) in [4.78, 5) is 16.2. The Bertz CT molecular complexity index is 1730. The van der Waals surface area contributed by atoms with Crippen molar-refractivity contribution in [1.29, 1.82) is 0 Å². The van der Waals surface area contributed by atoms with E-state index in [-0.39, 0.29) is 5.70 Å². The zero-order chi connectivity index (χ0) is 26.1. The van der Waals surface area contributed by atoms with E-state index in [9.17, 15) is 4.79 Å². The van der Waals surface area contributed by atoms with Crippen LogP contribution in [-0.4, -0.2) is 19.8 Å². The van der Waals surface area contributed by atoms with Crippen molar-refractivity contribution in [1.82, 2.24) is 8.75 Å². The first-order chi connectivity index (χ1) is 18.6. The van der Waals surface area contributed by atoms with Crippen LogP contribution in [0.25, 0.3) is 38.0 Å². The second-order valence-electron chi connectivity index (χ2n) is 8.37. The molecule has 6 aromatic rings. The fourth-order valence-corrected chi connectivity index (χ4v) is 6.84. The quantitative estimate of drug-likeness (QED) is 0.195. The summed E-state index contributed by atoms with van der Waals surface area (Å²) in [6, 6.07) is 32.9. The van der Waals surface area contributed by atoms with Crippen molar-refractivity contribution in [3.8, 4) is 20.9 Å². The van der Waals surface area contributed by atoms with E-state index >= 15 is 0 Å². The van der Waals surface area contributed by atoms with Gasteiger partial charge in [-0.1, -0.05) is 48.5 Å². The molecule has 0 aliphatic carbocycles. The Balaban J connectivity index is 1.39. The van der Waals surface area contributed by atoms with Crippen LogP contribution in [0.3, 0.4) is 0 Å². The Labute approximate surface area is 230 Å². The first-order valence-electron chi connectivity index (χ1n) is 11.6. The highest BCUT2D eigenvalue weighted by molar-refractivity contribution is 7.19. The van der Waals surface area contributed by atoms with Gasteiger partial charge in [-0.2, -0.15) is 8.75 Å². The van der Waals surface area contributed by atoms with Gasteiger partial charge in [-0.05, 0) is 54.6 Å². The maximum Gasteiger partial charge on any atom is 0.351 e. The minimum Gasteiger partial charge on any atom is -0.477 e. The second kappa shape index (κ2) is 10.2. The molecular formula is C29H20N4O2S3. The largest absolute Gasteiger partial charge is 0.477 e. The third-order valence-electron chi connectivity index (χ3n) is 5.96. The SMILES string of the molecule is N/C(=C/c1ccc(-c2ccc(-c3ccc(N(c4ccccc4)c4ccccc4)s3)c3nsnc23)s1)C(=O)O. The lowest BCUT2D eigenvalue weighted by atomic mass is 10.1. The molecule has 3 aromatic heterocycles. The zero-order valence-corrected chi connectivity index (χ0v) is 22.3. The van der Waals surface area contributed by atoms with Gasteiger partial charge in [0.25, 0.3) is 0 Å². The number of hydrogen-bond acceptors (Lipinski definition) is 8. The van der Waals surface area contributed by atoms with Gasteiger partial charge in [0.2, 0.25) is 0 Å². The van der Waals surface area contributed by atoms with E-state index in [0.717, 1.165) is 53.2 Å². The number of carboxylic acid groups (broad SMARTS) is 1. The highest BCUT2D eigenvalue weighted by Gasteiger charge is 2.19. The summed E-state index contributed by atoms with van der Waals surface area (Å²) in [5.74, 6) is -1.14. The molecule has 0 bridgehead atoms. The van der Waals surface area contributed by atoms with Crippen molar-refractivity contribution in [3.05, 3.63) is 108 Å². The molecule has 9 heteroatoms. The average molecular weight is 553 g/mol. The number of thiophene rings is 2. The molecule has 0 fully saturated rings. The molecule has 0 aliphatic rings. The molecule has 0 radical (unpaired) electrons. The molecule has 0 spiro atoms. The van der Waals surface area contributed by atoms with Crippen LogP contribution >= 0.6 is 34.4 Å². The molecular weight excluding hydrogens is 533 g/mol. The Morgan fingerprint density at radius 3 is 1.87 bits per heavy atom. The Kier molecular flexibility index (Phi) is 6.47. The fraction of sp³-hybridized carbons (Fsp3) is 0. The number of para-hydroxylation sites is 2. The summed E-state index contributed by atoms with van der Waals surface area (Å²) in [6.45, 7) is 0. The summed E-state index contributed by atoms with van der Waals surface area (Å²) in [7, 11) is 0. The van der Waals surface area contributed by atoms with Crippen molar-refractivity contribution in [2.45, 2.75) is 0 Å². The lowest BCUT2D eigenvalue weighted by Crippen LogP contribution is -2.08. The van der Waals surface area contributed by atoms with Gasteiger partial charge < -0.3 is 15.7 Å².